The summed E-state index contributed by atoms with van der Waals surface area (Å²) in [4.78, 5) is 7.29. The van der Waals surface area contributed by atoms with Gasteiger partial charge >= 0.3 is 0 Å². The summed E-state index contributed by atoms with van der Waals surface area (Å²) in [6.07, 6.45) is 2.49. The Morgan fingerprint density at radius 2 is 2.11 bits per heavy atom. The normalized spacial score (nSPS) is 27.3. The summed E-state index contributed by atoms with van der Waals surface area (Å²) in [7, 11) is 0. The molecule has 0 bridgehead atoms. The minimum absolute atomic E-state index is 0.483. The van der Waals surface area contributed by atoms with Crippen LogP contribution in [0.4, 0.5) is 0 Å². The Labute approximate surface area is 119 Å². The molecule has 3 unspecified atom stereocenters. The van der Waals surface area contributed by atoms with E-state index in [-0.39, 0.29) is 0 Å². The fourth-order valence-corrected chi connectivity index (χ4v) is 4.36. The van der Waals surface area contributed by atoms with E-state index < -0.39 is 0 Å². The Morgan fingerprint density at radius 3 is 2.61 bits per heavy atom. The molecule has 0 aliphatic carbocycles. The van der Waals surface area contributed by atoms with Gasteiger partial charge in [0, 0.05) is 18.5 Å². The van der Waals surface area contributed by atoms with E-state index >= 15 is 0 Å². The third kappa shape index (κ3) is 3.25. The van der Waals surface area contributed by atoms with Crippen LogP contribution in [0.15, 0.2) is 5.38 Å². The second-order valence-corrected chi connectivity index (χ2v) is 6.79. The van der Waals surface area contributed by atoms with Crippen molar-refractivity contribution in [2.45, 2.75) is 45.5 Å². The molecule has 0 aromatic carbocycles. The average Bonchev–Trinajstić information content (AvgIpc) is 2.77. The monoisotopic (exact) mass is 286 g/mol. The molecule has 1 saturated heterocycles. The molecule has 2 nitrogen and oxygen atoms in total. The minimum atomic E-state index is 0.483. The number of aromatic nitrogens is 1. The lowest BCUT2D eigenvalue weighted by Gasteiger charge is -2.39. The molecule has 0 N–H and O–H groups in total. The number of piperidine rings is 1. The van der Waals surface area contributed by atoms with Crippen molar-refractivity contribution in [3.63, 3.8) is 0 Å². The summed E-state index contributed by atoms with van der Waals surface area (Å²) in [6.45, 7) is 9.40. The molecule has 2 rings (SSSR count). The Morgan fingerprint density at radius 1 is 1.44 bits per heavy atom. The summed E-state index contributed by atoms with van der Waals surface area (Å²) < 4.78 is 0. The lowest BCUT2D eigenvalue weighted by molar-refractivity contribution is 0.0926. The Balaban J connectivity index is 2.12. The molecular weight excluding hydrogens is 264 g/mol. The van der Waals surface area contributed by atoms with Gasteiger partial charge in [0.15, 0.2) is 0 Å². The standard InChI is InChI=1S/C14H23ClN2S/c1-4-13(14-16-12(6-15)9-18-14)17-7-10(2)5-11(3)8-17/h9-11,13H,4-8H2,1-3H3. The molecule has 0 spiro atoms. The molecule has 18 heavy (non-hydrogen) atoms. The third-order valence-electron chi connectivity index (χ3n) is 3.72. The predicted molar refractivity (Wildman–Crippen MR) is 79.2 cm³/mol. The van der Waals surface area contributed by atoms with Crippen molar-refractivity contribution in [3.8, 4) is 0 Å². The maximum Gasteiger partial charge on any atom is 0.110 e. The molecule has 1 fully saturated rings. The van der Waals surface area contributed by atoms with Gasteiger partial charge in [0.1, 0.15) is 5.01 Å². The predicted octanol–water partition coefficient (Wildman–Crippen LogP) is 4.31. The molecular formula is C14H23ClN2S. The zero-order valence-corrected chi connectivity index (χ0v) is 13.1. The number of thiazole rings is 1. The molecule has 3 atom stereocenters. The van der Waals surface area contributed by atoms with E-state index in [2.05, 4.69) is 36.0 Å². The van der Waals surface area contributed by atoms with Gasteiger partial charge in [-0.25, -0.2) is 4.98 Å². The first-order chi connectivity index (χ1) is 8.63. The van der Waals surface area contributed by atoms with Gasteiger partial charge < -0.3 is 0 Å². The van der Waals surface area contributed by atoms with Crippen molar-refractivity contribution < 1.29 is 0 Å². The first-order valence-electron chi connectivity index (χ1n) is 6.88. The largest absolute Gasteiger partial charge is 0.294 e. The summed E-state index contributed by atoms with van der Waals surface area (Å²) in [5.41, 5.74) is 1.02. The van der Waals surface area contributed by atoms with Gasteiger partial charge in [-0.2, -0.15) is 0 Å². The van der Waals surface area contributed by atoms with E-state index in [0.29, 0.717) is 11.9 Å². The van der Waals surface area contributed by atoms with E-state index in [1.165, 1.54) is 24.5 Å². The van der Waals surface area contributed by atoms with Gasteiger partial charge in [0.05, 0.1) is 17.6 Å². The van der Waals surface area contributed by atoms with Crippen LogP contribution in [-0.4, -0.2) is 23.0 Å². The van der Waals surface area contributed by atoms with Crippen LogP contribution in [-0.2, 0) is 5.88 Å². The first-order valence-corrected chi connectivity index (χ1v) is 8.29. The maximum atomic E-state index is 5.85. The van der Waals surface area contributed by atoms with E-state index in [0.717, 1.165) is 24.0 Å². The van der Waals surface area contributed by atoms with Crippen molar-refractivity contribution in [2.75, 3.05) is 13.1 Å². The van der Waals surface area contributed by atoms with Gasteiger partial charge in [0.2, 0.25) is 0 Å². The molecule has 1 aliphatic heterocycles. The molecule has 0 saturated carbocycles. The van der Waals surface area contributed by atoms with Crippen molar-refractivity contribution >= 4 is 22.9 Å². The van der Waals surface area contributed by atoms with E-state index in [4.69, 9.17) is 11.6 Å². The Hall–Kier alpha value is -0.120. The van der Waals surface area contributed by atoms with E-state index in [1.54, 1.807) is 11.3 Å². The highest BCUT2D eigenvalue weighted by Crippen LogP contribution is 2.32. The van der Waals surface area contributed by atoms with Crippen LogP contribution >= 0.6 is 22.9 Å². The molecule has 1 aliphatic rings. The highest BCUT2D eigenvalue weighted by Gasteiger charge is 2.28. The van der Waals surface area contributed by atoms with Gasteiger partial charge in [-0.05, 0) is 24.7 Å². The van der Waals surface area contributed by atoms with Gasteiger partial charge in [-0.3, -0.25) is 4.90 Å². The fourth-order valence-electron chi connectivity index (χ4n) is 3.09. The number of nitrogens with zero attached hydrogens (tertiary/aromatic N) is 2. The van der Waals surface area contributed by atoms with Crippen molar-refractivity contribution in [1.82, 2.24) is 9.88 Å². The number of hydrogen-bond acceptors (Lipinski definition) is 3. The molecule has 4 heteroatoms. The average molecular weight is 287 g/mol. The molecule has 1 aromatic heterocycles. The lowest BCUT2D eigenvalue weighted by atomic mass is 9.90. The zero-order chi connectivity index (χ0) is 13.1. The zero-order valence-electron chi connectivity index (χ0n) is 11.5. The topological polar surface area (TPSA) is 16.1 Å². The van der Waals surface area contributed by atoms with E-state index in [9.17, 15) is 0 Å². The van der Waals surface area contributed by atoms with Crippen LogP contribution in [0.1, 0.15) is 50.4 Å². The number of rotatable bonds is 4. The van der Waals surface area contributed by atoms with Crippen LogP contribution in [0.3, 0.4) is 0 Å². The Kier molecular flexibility index (Phi) is 5.05. The van der Waals surface area contributed by atoms with Crippen LogP contribution < -0.4 is 0 Å². The second kappa shape index (κ2) is 6.36. The van der Waals surface area contributed by atoms with Crippen LogP contribution in [0.5, 0.6) is 0 Å². The second-order valence-electron chi connectivity index (χ2n) is 5.63. The van der Waals surface area contributed by atoms with Crippen molar-refractivity contribution in [2.24, 2.45) is 11.8 Å². The molecule has 1 aromatic rings. The SMILES string of the molecule is CCC(c1nc(CCl)cs1)N1CC(C)CC(C)C1. The van der Waals surface area contributed by atoms with Crippen molar-refractivity contribution in [1.29, 1.82) is 0 Å². The smallest absolute Gasteiger partial charge is 0.110 e. The Bertz CT molecular complexity index is 370. The summed E-state index contributed by atoms with van der Waals surface area (Å²) in [6, 6.07) is 0.483. The molecule has 102 valence electrons. The lowest BCUT2D eigenvalue weighted by Crippen LogP contribution is -2.40. The first kappa shape index (κ1) is 14.3. The van der Waals surface area contributed by atoms with Gasteiger partial charge in [-0.15, -0.1) is 22.9 Å². The summed E-state index contributed by atoms with van der Waals surface area (Å²) >= 11 is 7.62. The molecule has 2 heterocycles. The molecule has 0 amide bonds. The fraction of sp³-hybridized carbons (Fsp3) is 0.786. The van der Waals surface area contributed by atoms with Gasteiger partial charge in [0.25, 0.3) is 0 Å². The van der Waals surface area contributed by atoms with Crippen molar-refractivity contribution in [3.05, 3.63) is 16.1 Å². The highest BCUT2D eigenvalue weighted by molar-refractivity contribution is 7.09. The number of halogens is 1. The minimum Gasteiger partial charge on any atom is -0.294 e. The van der Waals surface area contributed by atoms with Crippen LogP contribution in [0.25, 0.3) is 0 Å². The quantitative estimate of drug-likeness (QED) is 0.767. The van der Waals surface area contributed by atoms with Gasteiger partial charge in [-0.1, -0.05) is 20.8 Å². The number of hydrogen-bond donors (Lipinski definition) is 0. The number of alkyl halides is 1. The summed E-state index contributed by atoms with van der Waals surface area (Å²) in [5.74, 6) is 2.13. The molecule has 0 radical (unpaired) electrons. The van der Waals surface area contributed by atoms with Crippen LogP contribution in [0.2, 0.25) is 0 Å². The maximum absolute atomic E-state index is 5.85. The number of likely N-dealkylation sites (tertiary alicyclic amines) is 1. The third-order valence-corrected chi connectivity index (χ3v) is 4.98. The highest BCUT2D eigenvalue weighted by atomic mass is 35.5. The summed E-state index contributed by atoms with van der Waals surface area (Å²) in [5, 5.41) is 3.34. The van der Waals surface area contributed by atoms with E-state index in [1.807, 2.05) is 0 Å². The van der Waals surface area contributed by atoms with Crippen LogP contribution in [0, 0.1) is 11.8 Å².